The van der Waals surface area contributed by atoms with Gasteiger partial charge in [-0.15, -0.1) is 0 Å². The number of likely N-dealkylation sites (N-methyl/N-ethyl adjacent to an activating group) is 1. The Bertz CT molecular complexity index is 492. The molecule has 102 valence electrons. The lowest BCUT2D eigenvalue weighted by Crippen LogP contribution is -2.45. The van der Waals surface area contributed by atoms with E-state index in [9.17, 15) is 4.79 Å². The molecule has 2 aliphatic rings. The molecule has 0 fully saturated rings. The summed E-state index contributed by atoms with van der Waals surface area (Å²) >= 11 is 0. The van der Waals surface area contributed by atoms with Crippen molar-refractivity contribution in [3.63, 3.8) is 0 Å². The first-order chi connectivity index (χ1) is 9.31. The van der Waals surface area contributed by atoms with Gasteiger partial charge in [0.1, 0.15) is 11.8 Å². The molecule has 0 aromatic carbocycles. The summed E-state index contributed by atoms with van der Waals surface area (Å²) in [5.41, 5.74) is 1.15. The molecule has 2 unspecified atom stereocenters. The number of nitrogens with one attached hydrogen (secondary N) is 1. The van der Waals surface area contributed by atoms with Gasteiger partial charge in [-0.05, 0) is 44.4 Å². The Morgan fingerprint density at radius 2 is 2.37 bits per heavy atom. The van der Waals surface area contributed by atoms with Crippen LogP contribution in [-0.2, 0) is 11.2 Å². The molecule has 0 radical (unpaired) electrons. The summed E-state index contributed by atoms with van der Waals surface area (Å²) in [5.74, 6) is 0.919. The lowest BCUT2D eigenvalue weighted by Gasteiger charge is -2.32. The Balaban J connectivity index is 1.89. The number of nitrogens with zero attached hydrogens (tertiary/aromatic N) is 1. The number of fused-ring (bicyclic) bond motifs is 1. The van der Waals surface area contributed by atoms with Crippen molar-refractivity contribution in [3.8, 4) is 0 Å². The quantitative estimate of drug-likeness (QED) is 0.828. The number of allylic oxidation sites excluding steroid dienone is 1. The summed E-state index contributed by atoms with van der Waals surface area (Å²) in [4.78, 5) is 14.7. The molecule has 1 aromatic heterocycles. The number of amides is 1. The first-order valence-corrected chi connectivity index (χ1v) is 7.02. The fourth-order valence-electron chi connectivity index (χ4n) is 3.07. The molecule has 4 nitrogen and oxygen atoms in total. The zero-order valence-electron chi connectivity index (χ0n) is 11.3. The minimum absolute atomic E-state index is 0.132. The van der Waals surface area contributed by atoms with E-state index in [2.05, 4.69) is 17.5 Å². The van der Waals surface area contributed by atoms with Gasteiger partial charge in [0.25, 0.3) is 0 Å². The number of furan rings is 1. The van der Waals surface area contributed by atoms with Gasteiger partial charge in [0.2, 0.25) is 5.91 Å². The third-order valence-electron chi connectivity index (χ3n) is 4.11. The molecular formula is C15H20N2O2. The van der Waals surface area contributed by atoms with Crippen LogP contribution in [0.2, 0.25) is 0 Å². The second-order valence-corrected chi connectivity index (χ2v) is 5.24. The van der Waals surface area contributed by atoms with Crippen LogP contribution >= 0.6 is 0 Å². The molecular weight excluding hydrogens is 240 g/mol. The molecule has 19 heavy (non-hydrogen) atoms. The fourth-order valence-corrected chi connectivity index (χ4v) is 3.07. The summed E-state index contributed by atoms with van der Waals surface area (Å²) < 4.78 is 5.52. The molecule has 0 spiro atoms. The molecule has 2 heterocycles. The Labute approximate surface area is 113 Å². The molecule has 1 aliphatic carbocycles. The molecule has 0 saturated heterocycles. The maximum atomic E-state index is 12.7. The predicted molar refractivity (Wildman–Crippen MR) is 72.7 cm³/mol. The summed E-state index contributed by atoms with van der Waals surface area (Å²) in [7, 11) is 1.81. The van der Waals surface area contributed by atoms with Gasteiger partial charge >= 0.3 is 0 Å². The number of rotatable bonds is 2. The van der Waals surface area contributed by atoms with Gasteiger partial charge < -0.3 is 14.6 Å². The topological polar surface area (TPSA) is 45.5 Å². The van der Waals surface area contributed by atoms with Crippen LogP contribution in [0.5, 0.6) is 0 Å². The van der Waals surface area contributed by atoms with Gasteiger partial charge in [-0.3, -0.25) is 4.79 Å². The van der Waals surface area contributed by atoms with E-state index in [1.165, 1.54) is 6.42 Å². The van der Waals surface area contributed by atoms with E-state index in [0.717, 1.165) is 37.1 Å². The smallest absolute Gasteiger partial charge is 0.248 e. The van der Waals surface area contributed by atoms with Crippen LogP contribution in [0.3, 0.4) is 0 Å². The molecule has 2 atom stereocenters. The summed E-state index contributed by atoms with van der Waals surface area (Å²) in [6.07, 6.45) is 10.3. The second kappa shape index (κ2) is 5.21. The Hall–Kier alpha value is -1.55. The van der Waals surface area contributed by atoms with E-state index in [1.54, 1.807) is 6.26 Å². The van der Waals surface area contributed by atoms with Crippen molar-refractivity contribution >= 4 is 5.91 Å². The lowest BCUT2D eigenvalue weighted by atomic mass is 10.0. The Morgan fingerprint density at radius 3 is 3.11 bits per heavy atom. The van der Waals surface area contributed by atoms with Crippen LogP contribution < -0.4 is 5.32 Å². The van der Waals surface area contributed by atoms with E-state index < -0.39 is 0 Å². The Morgan fingerprint density at radius 1 is 1.47 bits per heavy atom. The highest BCUT2D eigenvalue weighted by molar-refractivity contribution is 5.84. The highest BCUT2D eigenvalue weighted by atomic mass is 16.3. The zero-order valence-corrected chi connectivity index (χ0v) is 11.3. The minimum Gasteiger partial charge on any atom is -0.467 e. The van der Waals surface area contributed by atoms with Crippen LogP contribution in [0.15, 0.2) is 28.9 Å². The largest absolute Gasteiger partial charge is 0.467 e. The second-order valence-electron chi connectivity index (χ2n) is 5.24. The number of hydrogen-bond donors (Lipinski definition) is 1. The highest BCUT2D eigenvalue weighted by Crippen LogP contribution is 2.28. The van der Waals surface area contributed by atoms with Gasteiger partial charge in [0.15, 0.2) is 0 Å². The zero-order chi connectivity index (χ0) is 13.2. The molecule has 1 aromatic rings. The van der Waals surface area contributed by atoms with Crippen LogP contribution in [0, 0.1) is 0 Å². The van der Waals surface area contributed by atoms with Crippen molar-refractivity contribution in [2.24, 2.45) is 0 Å². The van der Waals surface area contributed by atoms with Gasteiger partial charge in [0.05, 0.1) is 12.3 Å². The van der Waals surface area contributed by atoms with Crippen molar-refractivity contribution in [2.75, 3.05) is 13.6 Å². The van der Waals surface area contributed by atoms with Crippen molar-refractivity contribution in [1.29, 1.82) is 0 Å². The normalized spacial score (nSPS) is 27.2. The maximum Gasteiger partial charge on any atom is 0.248 e. The first-order valence-electron chi connectivity index (χ1n) is 7.02. The van der Waals surface area contributed by atoms with E-state index in [-0.39, 0.29) is 18.0 Å². The predicted octanol–water partition coefficient (Wildman–Crippen LogP) is 2.03. The van der Waals surface area contributed by atoms with E-state index in [4.69, 9.17) is 4.42 Å². The van der Waals surface area contributed by atoms with E-state index >= 15 is 0 Å². The summed E-state index contributed by atoms with van der Waals surface area (Å²) in [6, 6.07) is 1.89. The fraction of sp³-hybridized carbons (Fsp3) is 0.533. The van der Waals surface area contributed by atoms with Crippen LogP contribution in [0.1, 0.15) is 36.6 Å². The Kier molecular flexibility index (Phi) is 3.42. The summed E-state index contributed by atoms with van der Waals surface area (Å²) in [6.45, 7) is 0.776. The molecule has 4 heteroatoms. The van der Waals surface area contributed by atoms with Gasteiger partial charge in [-0.2, -0.15) is 0 Å². The van der Waals surface area contributed by atoms with E-state index in [1.807, 2.05) is 18.0 Å². The van der Waals surface area contributed by atoms with Crippen molar-refractivity contribution in [1.82, 2.24) is 10.2 Å². The SMILES string of the molecule is CNC1C(=O)N(C2C=CCCC2)CCc2ccoc21. The number of carbonyl (C=O) groups excluding carboxylic acids is 1. The van der Waals surface area contributed by atoms with Crippen molar-refractivity contribution < 1.29 is 9.21 Å². The molecule has 1 amide bonds. The average molecular weight is 260 g/mol. The van der Waals surface area contributed by atoms with Gasteiger partial charge in [-0.1, -0.05) is 12.2 Å². The average Bonchev–Trinajstić information content (AvgIpc) is 2.85. The molecule has 1 aliphatic heterocycles. The lowest BCUT2D eigenvalue weighted by molar-refractivity contribution is -0.135. The van der Waals surface area contributed by atoms with Crippen molar-refractivity contribution in [3.05, 3.63) is 35.8 Å². The van der Waals surface area contributed by atoms with Crippen LogP contribution in [0.4, 0.5) is 0 Å². The highest BCUT2D eigenvalue weighted by Gasteiger charge is 2.35. The third kappa shape index (κ3) is 2.21. The molecule has 1 N–H and O–H groups in total. The van der Waals surface area contributed by atoms with Gasteiger partial charge in [-0.25, -0.2) is 0 Å². The monoisotopic (exact) mass is 260 g/mol. The number of hydrogen-bond acceptors (Lipinski definition) is 3. The number of carbonyl (C=O) groups is 1. The minimum atomic E-state index is -0.345. The first kappa shape index (κ1) is 12.5. The third-order valence-corrected chi connectivity index (χ3v) is 4.11. The molecule has 0 bridgehead atoms. The van der Waals surface area contributed by atoms with E-state index in [0.29, 0.717) is 0 Å². The standard InChI is InChI=1S/C15H20N2O2/c1-16-13-14-11(8-10-19-14)7-9-17(15(13)18)12-5-3-2-4-6-12/h3,5,8,10,12-13,16H,2,4,6-7,9H2,1H3. The van der Waals surface area contributed by atoms with Crippen LogP contribution in [-0.4, -0.2) is 30.4 Å². The molecule has 0 saturated carbocycles. The summed E-state index contributed by atoms with van der Waals surface area (Å²) in [5, 5.41) is 3.10. The molecule has 3 rings (SSSR count). The maximum absolute atomic E-state index is 12.7. The van der Waals surface area contributed by atoms with Gasteiger partial charge in [0, 0.05) is 6.54 Å². The van der Waals surface area contributed by atoms with Crippen molar-refractivity contribution in [2.45, 2.75) is 37.8 Å². The van der Waals surface area contributed by atoms with Crippen LogP contribution in [0.25, 0.3) is 0 Å².